The summed E-state index contributed by atoms with van der Waals surface area (Å²) < 4.78 is 18.9. The maximum Gasteiger partial charge on any atom is 0.176 e. The number of rotatable bonds is 2. The van der Waals surface area contributed by atoms with Gasteiger partial charge in [-0.1, -0.05) is 6.07 Å². The van der Waals surface area contributed by atoms with Gasteiger partial charge in [0.05, 0.1) is 5.56 Å². The fourth-order valence-corrected chi connectivity index (χ4v) is 1.57. The molecule has 0 spiro atoms. The topological polar surface area (TPSA) is 43.4 Å². The molecule has 0 amide bonds. The van der Waals surface area contributed by atoms with E-state index in [9.17, 15) is 14.0 Å². The first-order valence-electron chi connectivity index (χ1n) is 4.75. The highest BCUT2D eigenvalue weighted by molar-refractivity contribution is 5.95. The van der Waals surface area contributed by atoms with Crippen LogP contribution in [0.2, 0.25) is 0 Å². The maximum absolute atomic E-state index is 13.8. The second-order valence-corrected chi connectivity index (χ2v) is 3.53. The van der Waals surface area contributed by atoms with Gasteiger partial charge in [0.25, 0.3) is 0 Å². The number of carbonyl (C=O) groups is 2. The molecule has 1 heterocycles. The molecule has 0 N–H and O–H groups in total. The number of hydrogen-bond donors (Lipinski definition) is 0. The van der Waals surface area contributed by atoms with E-state index >= 15 is 0 Å². The van der Waals surface area contributed by atoms with Gasteiger partial charge in [0, 0.05) is 11.1 Å². The second kappa shape index (κ2) is 3.89. The van der Waals surface area contributed by atoms with Crippen molar-refractivity contribution in [2.45, 2.75) is 6.92 Å². The number of ether oxygens (including phenoxy) is 1. The first kappa shape index (κ1) is 10.5. The molecule has 16 heavy (non-hydrogen) atoms. The van der Waals surface area contributed by atoms with Crippen molar-refractivity contribution in [3.05, 3.63) is 34.6 Å². The van der Waals surface area contributed by atoms with Crippen LogP contribution in [-0.4, -0.2) is 18.7 Å². The number of ketones is 1. The fourth-order valence-electron chi connectivity index (χ4n) is 1.57. The van der Waals surface area contributed by atoms with E-state index in [0.29, 0.717) is 17.4 Å². The molecule has 0 atom stereocenters. The van der Waals surface area contributed by atoms with E-state index in [2.05, 4.69) is 0 Å². The Hall–Kier alpha value is -1.97. The minimum absolute atomic E-state index is 0.00158. The molecular weight excluding hydrogens is 211 g/mol. The van der Waals surface area contributed by atoms with Crippen LogP contribution in [0, 0.1) is 5.82 Å². The summed E-state index contributed by atoms with van der Waals surface area (Å²) in [5.41, 5.74) is 0.931. The van der Waals surface area contributed by atoms with Crippen LogP contribution in [0.25, 0.3) is 6.08 Å². The first-order chi connectivity index (χ1) is 7.63. The lowest BCUT2D eigenvalue weighted by Crippen LogP contribution is -2.11. The number of aldehydes is 1. The average Bonchev–Trinajstić information content (AvgIpc) is 2.28. The van der Waals surface area contributed by atoms with Gasteiger partial charge in [-0.2, -0.15) is 0 Å². The van der Waals surface area contributed by atoms with Gasteiger partial charge in [-0.15, -0.1) is 0 Å². The summed E-state index contributed by atoms with van der Waals surface area (Å²) in [5, 5.41) is 0. The van der Waals surface area contributed by atoms with Crippen LogP contribution in [0.4, 0.5) is 4.39 Å². The SMILES string of the molecule is CC(=O)c1ccc2c(c1F)OCC(C=O)=C2. The molecule has 1 aromatic rings. The van der Waals surface area contributed by atoms with Crippen LogP contribution in [-0.2, 0) is 4.79 Å². The van der Waals surface area contributed by atoms with Gasteiger partial charge < -0.3 is 4.74 Å². The molecule has 4 heteroatoms. The lowest BCUT2D eigenvalue weighted by Gasteiger charge is -2.16. The summed E-state index contributed by atoms with van der Waals surface area (Å²) in [6.07, 6.45) is 2.22. The van der Waals surface area contributed by atoms with Crippen molar-refractivity contribution < 1.29 is 18.7 Å². The normalized spacial score (nSPS) is 13.5. The second-order valence-electron chi connectivity index (χ2n) is 3.53. The Bertz CT molecular complexity index is 503. The lowest BCUT2D eigenvalue weighted by atomic mass is 10.0. The Kier molecular flexibility index (Phi) is 2.56. The van der Waals surface area contributed by atoms with Crippen molar-refractivity contribution in [1.29, 1.82) is 0 Å². The van der Waals surface area contributed by atoms with E-state index in [0.717, 1.165) is 0 Å². The highest BCUT2D eigenvalue weighted by Gasteiger charge is 2.19. The molecule has 0 saturated heterocycles. The van der Waals surface area contributed by atoms with Crippen molar-refractivity contribution in [2.24, 2.45) is 0 Å². The Morgan fingerprint density at radius 1 is 1.50 bits per heavy atom. The van der Waals surface area contributed by atoms with Crippen LogP contribution in [0.5, 0.6) is 5.75 Å². The van der Waals surface area contributed by atoms with Crippen molar-refractivity contribution >= 4 is 18.1 Å². The predicted octanol–water partition coefficient (Wildman–Crippen LogP) is 2.00. The van der Waals surface area contributed by atoms with E-state index in [4.69, 9.17) is 4.74 Å². The number of benzene rings is 1. The molecule has 0 aliphatic carbocycles. The molecule has 0 bridgehead atoms. The molecular formula is C12H9FO3. The summed E-state index contributed by atoms with van der Waals surface area (Å²) in [6, 6.07) is 2.96. The molecule has 0 radical (unpaired) electrons. The molecule has 3 nitrogen and oxygen atoms in total. The lowest BCUT2D eigenvalue weighted by molar-refractivity contribution is -0.105. The molecule has 0 saturated carbocycles. The summed E-state index contributed by atoms with van der Waals surface area (Å²) in [4.78, 5) is 21.6. The largest absolute Gasteiger partial charge is 0.485 e. The monoisotopic (exact) mass is 220 g/mol. The van der Waals surface area contributed by atoms with Gasteiger partial charge in [0.2, 0.25) is 0 Å². The molecule has 0 fully saturated rings. The predicted molar refractivity (Wildman–Crippen MR) is 55.9 cm³/mol. The van der Waals surface area contributed by atoms with E-state index in [-0.39, 0.29) is 23.7 Å². The third-order valence-corrected chi connectivity index (χ3v) is 2.38. The summed E-state index contributed by atoms with van der Waals surface area (Å²) in [5.74, 6) is -0.974. The third-order valence-electron chi connectivity index (χ3n) is 2.38. The number of carbonyl (C=O) groups excluding carboxylic acids is 2. The van der Waals surface area contributed by atoms with E-state index in [1.165, 1.54) is 13.0 Å². The van der Waals surface area contributed by atoms with E-state index in [1.54, 1.807) is 12.1 Å². The molecule has 2 rings (SSSR count). The Morgan fingerprint density at radius 2 is 2.25 bits per heavy atom. The van der Waals surface area contributed by atoms with E-state index < -0.39 is 5.82 Å². The summed E-state index contributed by atoms with van der Waals surface area (Å²) >= 11 is 0. The fraction of sp³-hybridized carbons (Fsp3) is 0.167. The zero-order chi connectivity index (χ0) is 11.7. The van der Waals surface area contributed by atoms with Crippen LogP contribution in [0.15, 0.2) is 17.7 Å². The minimum atomic E-state index is -0.661. The third kappa shape index (κ3) is 1.62. The quantitative estimate of drug-likeness (QED) is 0.565. The van der Waals surface area contributed by atoms with Gasteiger partial charge in [0.1, 0.15) is 12.9 Å². The van der Waals surface area contributed by atoms with Crippen LogP contribution < -0.4 is 4.74 Å². The van der Waals surface area contributed by atoms with Crippen molar-refractivity contribution in [2.75, 3.05) is 6.61 Å². The molecule has 1 aliphatic heterocycles. The Balaban J connectivity index is 2.57. The first-order valence-corrected chi connectivity index (χ1v) is 4.75. The Labute approximate surface area is 91.5 Å². The van der Waals surface area contributed by atoms with Crippen molar-refractivity contribution in [1.82, 2.24) is 0 Å². The van der Waals surface area contributed by atoms with E-state index in [1.807, 2.05) is 0 Å². The molecule has 1 aliphatic rings. The number of fused-ring (bicyclic) bond motifs is 1. The molecule has 1 aromatic carbocycles. The number of hydrogen-bond acceptors (Lipinski definition) is 3. The number of halogens is 1. The molecule has 0 aromatic heterocycles. The van der Waals surface area contributed by atoms with Gasteiger partial charge >= 0.3 is 0 Å². The van der Waals surface area contributed by atoms with Gasteiger partial charge in [0.15, 0.2) is 17.3 Å². The van der Waals surface area contributed by atoms with Gasteiger partial charge in [-0.05, 0) is 19.1 Å². The highest BCUT2D eigenvalue weighted by atomic mass is 19.1. The molecule has 0 unspecified atom stereocenters. The van der Waals surface area contributed by atoms with Crippen molar-refractivity contribution in [3.63, 3.8) is 0 Å². The van der Waals surface area contributed by atoms with Crippen LogP contribution >= 0.6 is 0 Å². The standard InChI is InChI=1S/C12H9FO3/c1-7(15)10-3-2-9-4-8(5-14)6-16-12(9)11(10)13/h2-5H,6H2,1H3. The van der Waals surface area contributed by atoms with Crippen molar-refractivity contribution in [3.8, 4) is 5.75 Å². The molecule has 82 valence electrons. The van der Waals surface area contributed by atoms with Gasteiger partial charge in [-0.25, -0.2) is 4.39 Å². The average molecular weight is 220 g/mol. The van der Waals surface area contributed by atoms with Crippen LogP contribution in [0.1, 0.15) is 22.8 Å². The smallest absolute Gasteiger partial charge is 0.176 e. The summed E-state index contributed by atoms with van der Waals surface area (Å²) in [6.45, 7) is 1.33. The zero-order valence-electron chi connectivity index (χ0n) is 8.62. The number of Topliss-reactive ketones (excluding diaryl/α,β-unsaturated/α-hetero) is 1. The Morgan fingerprint density at radius 3 is 2.88 bits per heavy atom. The van der Waals surface area contributed by atoms with Crippen LogP contribution in [0.3, 0.4) is 0 Å². The van der Waals surface area contributed by atoms with Gasteiger partial charge in [-0.3, -0.25) is 9.59 Å². The zero-order valence-corrected chi connectivity index (χ0v) is 8.62. The maximum atomic E-state index is 13.8. The highest BCUT2D eigenvalue weighted by Crippen LogP contribution is 2.31. The minimum Gasteiger partial charge on any atom is -0.485 e. The summed E-state index contributed by atoms with van der Waals surface area (Å²) in [7, 11) is 0.